The number of thiophene rings is 1. The Morgan fingerprint density at radius 2 is 2.19 bits per heavy atom. The van der Waals surface area contributed by atoms with Crippen molar-refractivity contribution >= 4 is 54.3 Å². The molecule has 0 spiro atoms. The number of nitrogens with zero attached hydrogens (tertiary/aromatic N) is 4. The minimum atomic E-state index is -0.0472. The van der Waals surface area contributed by atoms with E-state index in [1.54, 1.807) is 11.3 Å². The highest BCUT2D eigenvalue weighted by Crippen LogP contribution is 2.36. The lowest BCUT2D eigenvalue weighted by molar-refractivity contribution is -0.0860. The van der Waals surface area contributed by atoms with E-state index in [0.717, 1.165) is 69.9 Å². The van der Waals surface area contributed by atoms with E-state index in [1.807, 2.05) is 6.07 Å². The Morgan fingerprint density at radius 3 is 2.96 bits per heavy atom. The van der Waals surface area contributed by atoms with Crippen molar-refractivity contribution in [2.45, 2.75) is 32.3 Å². The van der Waals surface area contributed by atoms with Gasteiger partial charge in [-0.15, -0.1) is 11.3 Å². The number of anilines is 1. The molecule has 1 aliphatic heterocycles. The van der Waals surface area contributed by atoms with Crippen molar-refractivity contribution < 1.29 is 4.74 Å². The van der Waals surface area contributed by atoms with Crippen LogP contribution in [0.15, 0.2) is 9.85 Å². The molecule has 1 aliphatic rings. The van der Waals surface area contributed by atoms with E-state index < -0.39 is 0 Å². The van der Waals surface area contributed by atoms with E-state index in [0.29, 0.717) is 5.82 Å². The highest BCUT2D eigenvalue weighted by molar-refractivity contribution is 9.11. The highest BCUT2D eigenvalue weighted by Gasteiger charge is 2.26. The van der Waals surface area contributed by atoms with Crippen LogP contribution in [0.2, 0.25) is 0 Å². The zero-order valence-corrected chi connectivity index (χ0v) is 17.8. The number of aromatic nitrogens is 3. The molecule has 0 atom stereocenters. The van der Waals surface area contributed by atoms with E-state index in [2.05, 4.69) is 51.3 Å². The predicted octanol–water partition coefficient (Wildman–Crippen LogP) is 3.57. The second-order valence-electron chi connectivity index (χ2n) is 7.53. The fraction of sp³-hybridized carbons (Fsp3) is 0.556. The molecule has 0 unspecified atom stereocenters. The average Bonchev–Trinajstić information content (AvgIpc) is 3.07. The van der Waals surface area contributed by atoms with Gasteiger partial charge in [-0.2, -0.15) is 0 Å². The number of rotatable bonds is 4. The molecule has 4 rings (SSSR count). The van der Waals surface area contributed by atoms with Gasteiger partial charge in [0.1, 0.15) is 11.3 Å². The number of aryl methyl sites for hydroxylation is 2. The van der Waals surface area contributed by atoms with Gasteiger partial charge < -0.3 is 15.0 Å². The smallest absolute Gasteiger partial charge is 0.152 e. The standard InChI is InChI=1S/C18H24BrN5OS/c1-18(2)10-24(7-8-25-18)6-4-5-13-22-14-15(23(13)3)16-11(21-17(14)20)9-12(19)26-16/h9H,4-8,10H2,1-3H3,(H2,20,21). The zero-order valence-electron chi connectivity index (χ0n) is 15.4. The average molecular weight is 438 g/mol. The number of morpholine rings is 1. The van der Waals surface area contributed by atoms with Crippen LogP contribution >= 0.6 is 27.3 Å². The SMILES string of the molecule is Cn1c(CCCN2CCOC(C)(C)C2)nc2c(N)nc3cc(Br)sc3c21. The lowest BCUT2D eigenvalue weighted by Crippen LogP contribution is -2.48. The minimum absolute atomic E-state index is 0.0472. The minimum Gasteiger partial charge on any atom is -0.382 e. The van der Waals surface area contributed by atoms with Crippen LogP contribution in [0, 0.1) is 0 Å². The summed E-state index contributed by atoms with van der Waals surface area (Å²) in [6.45, 7) is 8.18. The topological polar surface area (TPSA) is 69.2 Å². The number of pyridine rings is 1. The van der Waals surface area contributed by atoms with Crippen LogP contribution in [-0.2, 0) is 18.2 Å². The summed E-state index contributed by atoms with van der Waals surface area (Å²) >= 11 is 5.23. The van der Waals surface area contributed by atoms with Gasteiger partial charge in [-0.25, -0.2) is 9.97 Å². The van der Waals surface area contributed by atoms with Gasteiger partial charge in [0.2, 0.25) is 0 Å². The molecule has 1 saturated heterocycles. The first-order valence-corrected chi connectivity index (χ1v) is 10.5. The molecule has 26 heavy (non-hydrogen) atoms. The van der Waals surface area contributed by atoms with E-state index in [-0.39, 0.29) is 5.60 Å². The first-order valence-electron chi connectivity index (χ1n) is 8.90. The number of hydrogen-bond donors (Lipinski definition) is 1. The van der Waals surface area contributed by atoms with Gasteiger partial charge in [-0.3, -0.25) is 4.90 Å². The maximum Gasteiger partial charge on any atom is 0.152 e. The summed E-state index contributed by atoms with van der Waals surface area (Å²) in [5, 5.41) is 0. The number of ether oxygens (including phenoxy) is 1. The van der Waals surface area contributed by atoms with E-state index in [4.69, 9.17) is 15.5 Å². The monoisotopic (exact) mass is 437 g/mol. The maximum atomic E-state index is 6.17. The second kappa shape index (κ2) is 6.74. The third kappa shape index (κ3) is 3.35. The van der Waals surface area contributed by atoms with Crippen molar-refractivity contribution in [3.63, 3.8) is 0 Å². The van der Waals surface area contributed by atoms with Gasteiger partial charge in [-0.1, -0.05) is 0 Å². The van der Waals surface area contributed by atoms with Crippen molar-refractivity contribution in [1.82, 2.24) is 19.4 Å². The van der Waals surface area contributed by atoms with Gasteiger partial charge in [0.15, 0.2) is 5.82 Å². The number of hydrogen-bond acceptors (Lipinski definition) is 6. The van der Waals surface area contributed by atoms with Crippen molar-refractivity contribution in [3.8, 4) is 0 Å². The Balaban J connectivity index is 1.55. The molecule has 0 radical (unpaired) electrons. The van der Waals surface area contributed by atoms with Crippen LogP contribution in [0.3, 0.4) is 0 Å². The van der Waals surface area contributed by atoms with E-state index in [1.165, 1.54) is 0 Å². The summed E-state index contributed by atoms with van der Waals surface area (Å²) in [5.41, 5.74) is 8.96. The molecule has 0 saturated carbocycles. The second-order valence-corrected chi connectivity index (χ2v) is 9.97. The molecular weight excluding hydrogens is 414 g/mol. The fourth-order valence-electron chi connectivity index (χ4n) is 3.76. The van der Waals surface area contributed by atoms with Crippen molar-refractivity contribution in [2.75, 3.05) is 32.0 Å². The Bertz CT molecular complexity index is 964. The summed E-state index contributed by atoms with van der Waals surface area (Å²) in [6.07, 6.45) is 1.99. The van der Waals surface area contributed by atoms with E-state index in [9.17, 15) is 0 Å². The molecule has 1 fully saturated rings. The molecular formula is C18H24BrN5OS. The Morgan fingerprint density at radius 1 is 1.38 bits per heavy atom. The molecule has 0 aliphatic carbocycles. The highest BCUT2D eigenvalue weighted by atomic mass is 79.9. The van der Waals surface area contributed by atoms with Gasteiger partial charge in [-0.05, 0) is 48.8 Å². The molecule has 8 heteroatoms. The third-order valence-corrected chi connectivity index (χ3v) is 6.58. The molecule has 6 nitrogen and oxygen atoms in total. The summed E-state index contributed by atoms with van der Waals surface area (Å²) in [6, 6.07) is 2.02. The molecule has 0 aromatic carbocycles. The number of fused-ring (bicyclic) bond motifs is 3. The number of imidazole rings is 1. The van der Waals surface area contributed by atoms with Gasteiger partial charge in [0.05, 0.1) is 31.7 Å². The molecule has 3 aromatic rings. The third-order valence-electron chi connectivity index (χ3n) is 4.95. The summed E-state index contributed by atoms with van der Waals surface area (Å²) < 4.78 is 10.2. The molecule has 0 bridgehead atoms. The summed E-state index contributed by atoms with van der Waals surface area (Å²) in [7, 11) is 2.08. The largest absolute Gasteiger partial charge is 0.382 e. The Labute approximate surface area is 165 Å². The van der Waals surface area contributed by atoms with Gasteiger partial charge in [0, 0.05) is 26.6 Å². The lowest BCUT2D eigenvalue weighted by atomic mass is 10.1. The van der Waals surface area contributed by atoms with Crippen LogP contribution in [0.1, 0.15) is 26.1 Å². The maximum absolute atomic E-state index is 6.17. The van der Waals surface area contributed by atoms with Gasteiger partial charge >= 0.3 is 0 Å². The first-order chi connectivity index (χ1) is 12.3. The quantitative estimate of drug-likeness (QED) is 0.675. The Hall–Kier alpha value is -1.22. The van der Waals surface area contributed by atoms with Crippen molar-refractivity contribution in [2.24, 2.45) is 7.05 Å². The fourth-order valence-corrected chi connectivity index (χ4v) is 5.37. The first kappa shape index (κ1) is 18.2. The number of nitrogen functional groups attached to an aromatic ring is 1. The van der Waals surface area contributed by atoms with Gasteiger partial charge in [0.25, 0.3) is 0 Å². The van der Waals surface area contributed by atoms with Crippen LogP contribution in [0.4, 0.5) is 5.82 Å². The molecule has 0 amide bonds. The molecule has 140 valence electrons. The van der Waals surface area contributed by atoms with E-state index >= 15 is 0 Å². The molecule has 2 N–H and O–H groups in total. The number of nitrogens with two attached hydrogens (primary N) is 1. The van der Waals surface area contributed by atoms with Crippen LogP contribution in [0.5, 0.6) is 0 Å². The van der Waals surface area contributed by atoms with Crippen LogP contribution in [0.25, 0.3) is 21.3 Å². The normalized spacial score (nSPS) is 18.2. The van der Waals surface area contributed by atoms with Crippen molar-refractivity contribution in [1.29, 1.82) is 0 Å². The summed E-state index contributed by atoms with van der Waals surface area (Å²) in [5.74, 6) is 1.58. The lowest BCUT2D eigenvalue weighted by Gasteiger charge is -2.38. The number of halogens is 1. The Kier molecular flexibility index (Phi) is 4.71. The predicted molar refractivity (Wildman–Crippen MR) is 111 cm³/mol. The van der Waals surface area contributed by atoms with Crippen molar-refractivity contribution in [3.05, 3.63) is 15.7 Å². The van der Waals surface area contributed by atoms with Crippen LogP contribution in [-0.4, -0.2) is 51.3 Å². The molecule has 3 aromatic heterocycles. The molecule has 4 heterocycles. The van der Waals surface area contributed by atoms with Crippen LogP contribution < -0.4 is 5.73 Å². The summed E-state index contributed by atoms with van der Waals surface area (Å²) in [4.78, 5) is 11.8. The zero-order chi connectivity index (χ0) is 18.5.